The molecule has 0 radical (unpaired) electrons. The molecule has 1 saturated heterocycles. The zero-order valence-electron chi connectivity index (χ0n) is 15.9. The molecule has 1 aliphatic heterocycles. The van der Waals surface area contributed by atoms with Crippen molar-refractivity contribution < 1.29 is 9.32 Å². The van der Waals surface area contributed by atoms with Crippen molar-refractivity contribution in [1.29, 1.82) is 0 Å². The molecule has 0 saturated carbocycles. The number of hydrogen-bond acceptors (Lipinski definition) is 7. The monoisotopic (exact) mass is 378 g/mol. The van der Waals surface area contributed by atoms with Gasteiger partial charge in [-0.25, -0.2) is 9.97 Å². The van der Waals surface area contributed by atoms with Gasteiger partial charge in [-0.2, -0.15) is 4.98 Å². The fourth-order valence-corrected chi connectivity index (χ4v) is 3.20. The van der Waals surface area contributed by atoms with Crippen LogP contribution in [-0.2, 0) is 0 Å². The summed E-state index contributed by atoms with van der Waals surface area (Å²) in [5.41, 5.74) is 1.33. The molecule has 8 heteroatoms. The summed E-state index contributed by atoms with van der Waals surface area (Å²) in [7, 11) is 0. The molecule has 144 valence electrons. The number of rotatable bonds is 5. The van der Waals surface area contributed by atoms with Crippen molar-refractivity contribution in [2.24, 2.45) is 0 Å². The van der Waals surface area contributed by atoms with Gasteiger partial charge in [0.25, 0.3) is 5.91 Å². The topological polar surface area (TPSA) is 97.0 Å². The zero-order valence-corrected chi connectivity index (χ0v) is 15.9. The lowest BCUT2D eigenvalue weighted by molar-refractivity contribution is 0.0709. The molecule has 3 aromatic rings. The van der Waals surface area contributed by atoms with Gasteiger partial charge < -0.3 is 14.7 Å². The summed E-state index contributed by atoms with van der Waals surface area (Å²) < 4.78 is 5.42. The van der Waals surface area contributed by atoms with Crippen molar-refractivity contribution in [3.63, 3.8) is 0 Å². The van der Waals surface area contributed by atoms with Crippen LogP contribution in [0.4, 0.5) is 11.6 Å². The van der Waals surface area contributed by atoms with E-state index in [-0.39, 0.29) is 17.9 Å². The van der Waals surface area contributed by atoms with Crippen LogP contribution < -0.4 is 5.32 Å². The molecule has 4 rings (SSSR count). The maximum Gasteiger partial charge on any atom is 0.257 e. The van der Waals surface area contributed by atoms with Crippen LogP contribution in [0.2, 0.25) is 0 Å². The second-order valence-corrected chi connectivity index (χ2v) is 7.09. The number of amides is 1. The van der Waals surface area contributed by atoms with Crippen molar-refractivity contribution in [3.8, 4) is 0 Å². The Morgan fingerprint density at radius 3 is 2.64 bits per heavy atom. The Morgan fingerprint density at radius 1 is 1.21 bits per heavy atom. The summed E-state index contributed by atoms with van der Waals surface area (Å²) >= 11 is 0. The van der Waals surface area contributed by atoms with Crippen LogP contribution in [0.15, 0.2) is 47.2 Å². The minimum atomic E-state index is -0.199. The summed E-state index contributed by atoms with van der Waals surface area (Å²) in [5, 5.41) is 7.13. The lowest BCUT2D eigenvalue weighted by Crippen LogP contribution is -2.31. The van der Waals surface area contributed by atoms with Gasteiger partial charge in [0, 0.05) is 30.5 Å². The molecule has 0 bridgehead atoms. The first-order chi connectivity index (χ1) is 13.6. The summed E-state index contributed by atoms with van der Waals surface area (Å²) in [5.74, 6) is 1.66. The zero-order chi connectivity index (χ0) is 19.5. The van der Waals surface area contributed by atoms with Gasteiger partial charge in [0.2, 0.25) is 11.8 Å². The highest BCUT2D eigenvalue weighted by Gasteiger charge is 2.35. The van der Waals surface area contributed by atoms with Crippen molar-refractivity contribution in [3.05, 3.63) is 60.0 Å². The van der Waals surface area contributed by atoms with Crippen LogP contribution in [0.1, 0.15) is 60.7 Å². The predicted molar refractivity (Wildman–Crippen MR) is 103 cm³/mol. The van der Waals surface area contributed by atoms with Crippen molar-refractivity contribution in [2.75, 3.05) is 11.9 Å². The van der Waals surface area contributed by atoms with Crippen molar-refractivity contribution in [2.45, 2.75) is 38.6 Å². The van der Waals surface area contributed by atoms with Crippen LogP contribution in [0.25, 0.3) is 0 Å². The van der Waals surface area contributed by atoms with E-state index in [1.54, 1.807) is 17.3 Å². The van der Waals surface area contributed by atoms with Gasteiger partial charge in [-0.05, 0) is 25.0 Å². The number of benzene rings is 1. The summed E-state index contributed by atoms with van der Waals surface area (Å²) in [6.45, 7) is 4.66. The number of hydrogen-bond donors (Lipinski definition) is 1. The highest BCUT2D eigenvalue weighted by molar-refractivity contribution is 5.94. The standard InChI is InChI=1S/C20H22N6O2/c1-13(2)17-24-18(28-25-17)16-9-6-10-26(16)19(27)14-11-21-20(22-12-14)23-15-7-4-3-5-8-15/h3-5,7-8,11-13,16H,6,9-10H2,1-2H3,(H,21,22,23)/t16-/m0/s1. The normalized spacial score (nSPS) is 16.5. The van der Waals surface area contributed by atoms with E-state index in [2.05, 4.69) is 25.4 Å². The van der Waals surface area contributed by atoms with Gasteiger partial charge >= 0.3 is 0 Å². The van der Waals surface area contributed by atoms with Crippen LogP contribution in [0.5, 0.6) is 0 Å². The third-order valence-electron chi connectivity index (χ3n) is 4.70. The average molecular weight is 378 g/mol. The highest BCUT2D eigenvalue weighted by atomic mass is 16.5. The largest absolute Gasteiger partial charge is 0.337 e. The fourth-order valence-electron chi connectivity index (χ4n) is 3.20. The minimum absolute atomic E-state index is 0.127. The molecule has 0 spiro atoms. The molecular formula is C20H22N6O2. The average Bonchev–Trinajstić information content (AvgIpc) is 3.38. The fraction of sp³-hybridized carbons (Fsp3) is 0.350. The van der Waals surface area contributed by atoms with Gasteiger partial charge in [-0.1, -0.05) is 37.2 Å². The number of anilines is 2. The quantitative estimate of drug-likeness (QED) is 0.723. The molecule has 1 amide bonds. The minimum Gasteiger partial charge on any atom is -0.337 e. The second-order valence-electron chi connectivity index (χ2n) is 7.09. The van der Waals surface area contributed by atoms with Crippen LogP contribution in [0.3, 0.4) is 0 Å². The summed E-state index contributed by atoms with van der Waals surface area (Å²) in [6.07, 6.45) is 4.79. The molecule has 0 unspecified atom stereocenters. The lowest BCUT2D eigenvalue weighted by Gasteiger charge is -2.21. The van der Waals surface area contributed by atoms with Crippen molar-refractivity contribution >= 4 is 17.5 Å². The molecule has 3 heterocycles. The van der Waals surface area contributed by atoms with Gasteiger partial charge in [-0.15, -0.1) is 0 Å². The van der Waals surface area contributed by atoms with Gasteiger partial charge in [0.05, 0.1) is 5.56 Å². The van der Waals surface area contributed by atoms with E-state index in [0.717, 1.165) is 18.5 Å². The van der Waals surface area contributed by atoms with Gasteiger partial charge in [0.1, 0.15) is 6.04 Å². The summed E-state index contributed by atoms with van der Waals surface area (Å²) in [4.78, 5) is 27.7. The van der Waals surface area contributed by atoms with E-state index in [4.69, 9.17) is 4.52 Å². The van der Waals surface area contributed by atoms with E-state index < -0.39 is 0 Å². The molecule has 8 nitrogen and oxygen atoms in total. The third kappa shape index (κ3) is 3.71. The molecule has 28 heavy (non-hydrogen) atoms. The maximum absolute atomic E-state index is 13.0. The van der Waals surface area contributed by atoms with Crippen LogP contribution in [0, 0.1) is 0 Å². The molecule has 1 N–H and O–H groups in total. The Hall–Kier alpha value is -3.29. The summed E-state index contributed by atoms with van der Waals surface area (Å²) in [6, 6.07) is 9.44. The number of likely N-dealkylation sites (tertiary alicyclic amines) is 1. The Bertz CT molecular complexity index is 939. The van der Waals surface area contributed by atoms with E-state index in [1.807, 2.05) is 44.2 Å². The number of carbonyl (C=O) groups excluding carboxylic acids is 1. The van der Waals surface area contributed by atoms with Gasteiger partial charge in [0.15, 0.2) is 5.82 Å². The maximum atomic E-state index is 13.0. The number of nitrogens with zero attached hydrogens (tertiary/aromatic N) is 5. The van der Waals surface area contributed by atoms with Crippen LogP contribution >= 0.6 is 0 Å². The highest BCUT2D eigenvalue weighted by Crippen LogP contribution is 2.32. The second kappa shape index (κ2) is 7.75. The SMILES string of the molecule is CC(C)c1noc([C@@H]2CCCN2C(=O)c2cnc(Nc3ccccc3)nc2)n1. The molecule has 1 fully saturated rings. The lowest BCUT2D eigenvalue weighted by atomic mass is 10.2. The number of nitrogens with one attached hydrogen (secondary N) is 1. The van der Waals surface area contributed by atoms with Crippen molar-refractivity contribution in [1.82, 2.24) is 25.0 Å². The van der Waals surface area contributed by atoms with E-state index in [0.29, 0.717) is 29.8 Å². The Kier molecular flexibility index (Phi) is 5.01. The van der Waals surface area contributed by atoms with Gasteiger partial charge in [-0.3, -0.25) is 4.79 Å². The Balaban J connectivity index is 1.48. The molecular weight excluding hydrogens is 356 g/mol. The first-order valence-corrected chi connectivity index (χ1v) is 9.40. The van der Waals surface area contributed by atoms with E-state index in [9.17, 15) is 4.79 Å². The smallest absolute Gasteiger partial charge is 0.257 e. The number of carbonyl (C=O) groups is 1. The molecule has 1 aromatic carbocycles. The molecule has 1 aliphatic rings. The van der Waals surface area contributed by atoms with Crippen LogP contribution in [-0.4, -0.2) is 37.5 Å². The Labute approximate surface area is 163 Å². The molecule has 1 atom stereocenters. The van der Waals surface area contributed by atoms with E-state index in [1.165, 1.54) is 0 Å². The molecule has 2 aromatic heterocycles. The Morgan fingerprint density at radius 2 is 1.96 bits per heavy atom. The first kappa shape index (κ1) is 18.1. The number of aromatic nitrogens is 4. The third-order valence-corrected chi connectivity index (χ3v) is 4.70. The molecule has 0 aliphatic carbocycles. The van der Waals surface area contributed by atoms with E-state index >= 15 is 0 Å². The first-order valence-electron chi connectivity index (χ1n) is 9.40. The number of para-hydroxylation sites is 1. The predicted octanol–water partition coefficient (Wildman–Crippen LogP) is 3.70.